The molecule has 3 nitrogen and oxygen atoms in total. The van der Waals surface area contributed by atoms with E-state index in [9.17, 15) is 4.79 Å². The van der Waals surface area contributed by atoms with Gasteiger partial charge in [-0.1, -0.05) is 64.7 Å². The Morgan fingerprint density at radius 2 is 1.48 bits per heavy atom. The van der Waals surface area contributed by atoms with Crippen molar-refractivity contribution >= 4 is 6.29 Å². The Labute approximate surface area is 141 Å². The highest BCUT2D eigenvalue weighted by atomic mass is 16.5. The minimum absolute atomic E-state index is 0.605. The largest absolute Gasteiger partial charge is 0.493 e. The molecule has 0 aliphatic rings. The molecule has 0 aliphatic heterocycles. The molecule has 0 amide bonds. The Hall–Kier alpha value is -1.51. The van der Waals surface area contributed by atoms with Crippen molar-refractivity contribution in [3.8, 4) is 11.5 Å². The van der Waals surface area contributed by atoms with E-state index in [0.29, 0.717) is 23.7 Å². The Morgan fingerprint density at radius 3 is 2.04 bits per heavy atom. The molecule has 0 N–H and O–H groups in total. The highest BCUT2D eigenvalue weighted by molar-refractivity contribution is 5.76. The maximum atomic E-state index is 10.7. The van der Waals surface area contributed by atoms with Gasteiger partial charge in [0.15, 0.2) is 11.5 Å². The Morgan fingerprint density at radius 1 is 0.870 bits per heavy atom. The second-order valence-corrected chi connectivity index (χ2v) is 6.06. The van der Waals surface area contributed by atoms with Crippen molar-refractivity contribution in [2.24, 2.45) is 0 Å². The normalized spacial score (nSPS) is 10.5. The second-order valence-electron chi connectivity index (χ2n) is 6.06. The van der Waals surface area contributed by atoms with E-state index >= 15 is 0 Å². The van der Waals surface area contributed by atoms with Crippen LogP contribution in [0.1, 0.15) is 81.5 Å². The molecule has 0 aromatic heterocycles. The second kappa shape index (κ2) is 13.0. The van der Waals surface area contributed by atoms with Gasteiger partial charge < -0.3 is 9.47 Å². The third-order valence-electron chi connectivity index (χ3n) is 4.08. The molecule has 1 rings (SSSR count). The molecule has 0 saturated heterocycles. The number of ether oxygens (including phenoxy) is 2. The molecule has 0 unspecified atom stereocenters. The molecule has 0 atom stereocenters. The first-order valence-corrected chi connectivity index (χ1v) is 9.07. The Bertz CT molecular complexity index is 429. The molecule has 0 bridgehead atoms. The van der Waals surface area contributed by atoms with E-state index < -0.39 is 0 Å². The molecular formula is C20H32O3. The van der Waals surface area contributed by atoms with Crippen LogP contribution in [0.4, 0.5) is 0 Å². The Balaban J connectivity index is 2.06. The quantitative estimate of drug-likeness (QED) is 0.320. The maximum absolute atomic E-state index is 10.7. The van der Waals surface area contributed by atoms with Crippen molar-refractivity contribution in [2.75, 3.05) is 13.7 Å². The lowest BCUT2D eigenvalue weighted by molar-refractivity contribution is 0.112. The lowest BCUT2D eigenvalue weighted by Crippen LogP contribution is -2.00. The van der Waals surface area contributed by atoms with Crippen LogP contribution in [0.5, 0.6) is 11.5 Å². The predicted octanol–water partition coefficient (Wildman–Crippen LogP) is 5.81. The van der Waals surface area contributed by atoms with Gasteiger partial charge in [-0.25, -0.2) is 0 Å². The van der Waals surface area contributed by atoms with Gasteiger partial charge in [0.2, 0.25) is 0 Å². The molecule has 0 radical (unpaired) electrons. The van der Waals surface area contributed by atoms with Crippen LogP contribution >= 0.6 is 0 Å². The zero-order chi connectivity index (χ0) is 16.8. The van der Waals surface area contributed by atoms with Crippen molar-refractivity contribution in [3.63, 3.8) is 0 Å². The van der Waals surface area contributed by atoms with Gasteiger partial charge in [-0.3, -0.25) is 4.79 Å². The fraction of sp³-hybridized carbons (Fsp3) is 0.650. The summed E-state index contributed by atoms with van der Waals surface area (Å²) in [6.45, 7) is 2.96. The summed E-state index contributed by atoms with van der Waals surface area (Å²) in [6.07, 6.45) is 14.0. The Kier molecular flexibility index (Phi) is 11.0. The number of carbonyl (C=O) groups excluding carboxylic acids is 1. The number of hydrogen-bond acceptors (Lipinski definition) is 3. The van der Waals surface area contributed by atoms with Crippen LogP contribution < -0.4 is 9.47 Å². The highest BCUT2D eigenvalue weighted by Gasteiger charge is 2.05. The maximum Gasteiger partial charge on any atom is 0.161 e. The van der Waals surface area contributed by atoms with E-state index in [1.165, 1.54) is 57.8 Å². The number of hydrogen-bond donors (Lipinski definition) is 0. The zero-order valence-electron chi connectivity index (χ0n) is 14.8. The van der Waals surface area contributed by atoms with Crippen LogP contribution in [0, 0.1) is 0 Å². The van der Waals surface area contributed by atoms with Crippen molar-refractivity contribution in [3.05, 3.63) is 23.8 Å². The first kappa shape index (κ1) is 19.5. The fourth-order valence-electron chi connectivity index (χ4n) is 2.65. The third-order valence-corrected chi connectivity index (χ3v) is 4.08. The first-order valence-electron chi connectivity index (χ1n) is 9.07. The SMILES string of the molecule is CCCCCCCCCCCCOc1ccc(C=O)cc1OC. The van der Waals surface area contributed by atoms with Crippen molar-refractivity contribution in [1.82, 2.24) is 0 Å². The van der Waals surface area contributed by atoms with Gasteiger partial charge >= 0.3 is 0 Å². The summed E-state index contributed by atoms with van der Waals surface area (Å²) in [6, 6.07) is 5.27. The summed E-state index contributed by atoms with van der Waals surface area (Å²) in [5.41, 5.74) is 0.605. The number of aldehydes is 1. The van der Waals surface area contributed by atoms with Crippen LogP contribution in [0.15, 0.2) is 18.2 Å². The molecule has 0 spiro atoms. The van der Waals surface area contributed by atoms with Crippen LogP contribution in [0.3, 0.4) is 0 Å². The predicted molar refractivity (Wildman–Crippen MR) is 95.7 cm³/mol. The van der Waals surface area contributed by atoms with Gasteiger partial charge in [0.25, 0.3) is 0 Å². The van der Waals surface area contributed by atoms with E-state index in [4.69, 9.17) is 9.47 Å². The third kappa shape index (κ3) is 8.63. The summed E-state index contributed by atoms with van der Waals surface area (Å²) in [7, 11) is 1.59. The van der Waals surface area contributed by atoms with Gasteiger partial charge in [-0.2, -0.15) is 0 Å². The lowest BCUT2D eigenvalue weighted by atomic mass is 10.1. The van der Waals surface area contributed by atoms with Crippen LogP contribution in [-0.2, 0) is 0 Å². The van der Waals surface area contributed by atoms with Gasteiger partial charge in [0.1, 0.15) is 6.29 Å². The summed E-state index contributed by atoms with van der Waals surface area (Å²) in [5.74, 6) is 1.34. The van der Waals surface area contributed by atoms with Gasteiger partial charge in [0.05, 0.1) is 13.7 Å². The number of benzene rings is 1. The van der Waals surface area contributed by atoms with E-state index in [2.05, 4.69) is 6.92 Å². The van der Waals surface area contributed by atoms with Gasteiger partial charge in [0, 0.05) is 5.56 Å². The minimum Gasteiger partial charge on any atom is -0.493 e. The lowest BCUT2D eigenvalue weighted by Gasteiger charge is -2.11. The molecule has 3 heteroatoms. The number of rotatable bonds is 14. The van der Waals surface area contributed by atoms with E-state index in [1.54, 1.807) is 25.3 Å². The molecular weight excluding hydrogens is 288 g/mol. The van der Waals surface area contributed by atoms with Gasteiger partial charge in [-0.15, -0.1) is 0 Å². The molecule has 0 fully saturated rings. The zero-order valence-corrected chi connectivity index (χ0v) is 14.8. The summed E-state index contributed by atoms with van der Waals surface area (Å²) < 4.78 is 11.0. The molecule has 130 valence electrons. The minimum atomic E-state index is 0.605. The van der Waals surface area contributed by atoms with Crippen LogP contribution in [0.25, 0.3) is 0 Å². The number of carbonyl (C=O) groups is 1. The molecule has 0 saturated carbocycles. The summed E-state index contributed by atoms with van der Waals surface area (Å²) in [5, 5.41) is 0. The van der Waals surface area contributed by atoms with Crippen LogP contribution in [0.2, 0.25) is 0 Å². The van der Waals surface area contributed by atoms with Crippen molar-refractivity contribution in [2.45, 2.75) is 71.1 Å². The van der Waals surface area contributed by atoms with E-state index in [0.717, 1.165) is 12.7 Å². The smallest absolute Gasteiger partial charge is 0.161 e. The average molecular weight is 320 g/mol. The summed E-state index contributed by atoms with van der Waals surface area (Å²) >= 11 is 0. The molecule has 0 aliphatic carbocycles. The molecule has 0 heterocycles. The molecule has 1 aromatic rings. The number of unbranched alkanes of at least 4 members (excludes halogenated alkanes) is 9. The average Bonchev–Trinajstić information content (AvgIpc) is 2.59. The molecule has 23 heavy (non-hydrogen) atoms. The molecule has 1 aromatic carbocycles. The standard InChI is InChI=1S/C20H32O3/c1-3-4-5-6-7-8-9-10-11-12-15-23-19-14-13-18(17-21)16-20(19)22-2/h13-14,16-17H,3-12,15H2,1-2H3. The summed E-state index contributed by atoms with van der Waals surface area (Å²) in [4.78, 5) is 10.7. The van der Waals surface area contributed by atoms with Crippen molar-refractivity contribution in [1.29, 1.82) is 0 Å². The van der Waals surface area contributed by atoms with Crippen molar-refractivity contribution < 1.29 is 14.3 Å². The van der Waals surface area contributed by atoms with Crippen LogP contribution in [-0.4, -0.2) is 20.0 Å². The van der Waals surface area contributed by atoms with Gasteiger partial charge in [-0.05, 0) is 24.6 Å². The van der Waals surface area contributed by atoms with E-state index in [1.807, 2.05) is 0 Å². The topological polar surface area (TPSA) is 35.5 Å². The highest BCUT2D eigenvalue weighted by Crippen LogP contribution is 2.27. The fourth-order valence-corrected chi connectivity index (χ4v) is 2.65. The van der Waals surface area contributed by atoms with E-state index in [-0.39, 0.29) is 0 Å². The first-order chi connectivity index (χ1) is 11.3. The monoisotopic (exact) mass is 320 g/mol. The number of methoxy groups -OCH3 is 1.